The molecule has 0 radical (unpaired) electrons. The zero-order valence-corrected chi connectivity index (χ0v) is 22.2. The second kappa shape index (κ2) is 9.61. The topological polar surface area (TPSA) is 178 Å². The number of carbonyl (C=O) groups is 4. The van der Waals surface area contributed by atoms with Gasteiger partial charge in [0.15, 0.2) is 11.2 Å². The van der Waals surface area contributed by atoms with Crippen LogP contribution in [-0.2, 0) is 39.9 Å². The van der Waals surface area contributed by atoms with Gasteiger partial charge in [-0.25, -0.2) is 9.78 Å². The molecule has 2 fully saturated rings. The Kier molecular flexibility index (Phi) is 6.51. The minimum absolute atomic E-state index is 0.149. The fourth-order valence-electron chi connectivity index (χ4n) is 4.75. The number of nitrogens with one attached hydrogen (secondary N) is 2. The molecule has 5 rings (SSSR count). The van der Waals surface area contributed by atoms with Gasteiger partial charge in [-0.05, 0) is 50.5 Å². The number of pyridine rings is 1. The van der Waals surface area contributed by atoms with Crippen LogP contribution in [0.15, 0.2) is 30.5 Å². The summed E-state index contributed by atoms with van der Waals surface area (Å²) < 4.78 is 16.4. The monoisotopic (exact) mass is 552 g/mol. The van der Waals surface area contributed by atoms with Crippen molar-refractivity contribution in [3.8, 4) is 0 Å². The first kappa shape index (κ1) is 27.1. The van der Waals surface area contributed by atoms with Crippen LogP contribution in [0.4, 0.5) is 11.4 Å². The molecule has 0 aliphatic carbocycles. The van der Waals surface area contributed by atoms with Crippen molar-refractivity contribution >= 4 is 40.8 Å². The van der Waals surface area contributed by atoms with E-state index in [1.807, 2.05) is 45.9 Å². The number of hydrogen-bond donors (Lipinski definition) is 4. The van der Waals surface area contributed by atoms with Crippen LogP contribution in [0.3, 0.4) is 0 Å². The van der Waals surface area contributed by atoms with Gasteiger partial charge in [-0.1, -0.05) is 18.2 Å². The van der Waals surface area contributed by atoms with E-state index in [1.54, 1.807) is 16.7 Å². The van der Waals surface area contributed by atoms with Gasteiger partial charge in [-0.15, -0.1) is 0 Å². The number of fused-ring (bicyclic) bond motifs is 4. The van der Waals surface area contributed by atoms with Crippen LogP contribution in [0.5, 0.6) is 0 Å². The fourth-order valence-corrected chi connectivity index (χ4v) is 4.75. The summed E-state index contributed by atoms with van der Waals surface area (Å²) in [5.74, 6) is -8.49. The highest BCUT2D eigenvalue weighted by Gasteiger charge is 2.61. The van der Waals surface area contributed by atoms with E-state index in [0.717, 1.165) is 28.1 Å². The number of nitrogens with zero attached hydrogens (tertiary/aromatic N) is 2. The quantitative estimate of drug-likeness (QED) is 0.335. The van der Waals surface area contributed by atoms with Crippen molar-refractivity contribution in [2.45, 2.75) is 64.8 Å². The molecule has 210 valence electrons. The van der Waals surface area contributed by atoms with Crippen LogP contribution in [0.1, 0.15) is 40.9 Å². The van der Waals surface area contributed by atoms with Crippen molar-refractivity contribution in [1.29, 1.82) is 0 Å². The Morgan fingerprint density at radius 1 is 1.07 bits per heavy atom. The zero-order valence-electron chi connectivity index (χ0n) is 22.2. The maximum atomic E-state index is 13.4. The Bertz CT molecular complexity index is 1560. The van der Waals surface area contributed by atoms with Crippen molar-refractivity contribution in [3.63, 3.8) is 0 Å². The van der Waals surface area contributed by atoms with Gasteiger partial charge in [-0.2, -0.15) is 0 Å². The summed E-state index contributed by atoms with van der Waals surface area (Å²) in [6, 6.07) is 7.56. The molecule has 1 aromatic carbocycles. The van der Waals surface area contributed by atoms with E-state index in [4.69, 9.17) is 14.2 Å². The number of anilines is 2. The molecular formula is C27H28N4O9. The first-order chi connectivity index (χ1) is 18.8. The summed E-state index contributed by atoms with van der Waals surface area (Å²) in [6.07, 6.45) is -2.76. The summed E-state index contributed by atoms with van der Waals surface area (Å²) in [5.41, 5.74) is 3.54. The number of carbonyl (C=O) groups excluding carboxylic acids is 4. The van der Waals surface area contributed by atoms with Crippen molar-refractivity contribution < 1.29 is 43.6 Å². The van der Waals surface area contributed by atoms with Crippen molar-refractivity contribution in [1.82, 2.24) is 9.38 Å². The Balaban J connectivity index is 1.49. The van der Waals surface area contributed by atoms with E-state index in [-0.39, 0.29) is 5.69 Å². The van der Waals surface area contributed by atoms with Crippen LogP contribution in [-0.4, -0.2) is 61.1 Å². The van der Waals surface area contributed by atoms with Gasteiger partial charge in [0.1, 0.15) is 0 Å². The molecule has 13 nitrogen and oxygen atoms in total. The molecule has 2 aliphatic rings. The largest absolute Gasteiger partial charge is 0.417 e. The van der Waals surface area contributed by atoms with Crippen molar-refractivity contribution in [2.24, 2.45) is 0 Å². The number of cyclic esters (lactones) is 1. The number of hydrogen-bond acceptors (Lipinski definition) is 11. The molecule has 2 aromatic heterocycles. The summed E-state index contributed by atoms with van der Waals surface area (Å²) in [6.45, 7) is 8.14. The van der Waals surface area contributed by atoms with Gasteiger partial charge in [0, 0.05) is 18.4 Å². The van der Waals surface area contributed by atoms with Crippen LogP contribution in [0, 0.1) is 27.7 Å². The Hall–Kier alpha value is -4.49. The molecule has 2 aliphatic heterocycles. The molecule has 3 aromatic rings. The summed E-state index contributed by atoms with van der Waals surface area (Å²) in [4.78, 5) is 55.1. The summed E-state index contributed by atoms with van der Waals surface area (Å²) in [5, 5.41) is 27.4. The lowest BCUT2D eigenvalue weighted by atomic mass is 9.95. The highest BCUT2D eigenvalue weighted by molar-refractivity contribution is 6.00. The van der Waals surface area contributed by atoms with Crippen molar-refractivity contribution in [3.05, 3.63) is 58.5 Å². The second-order valence-electron chi connectivity index (χ2n) is 10.1. The third-order valence-corrected chi connectivity index (χ3v) is 7.17. The van der Waals surface area contributed by atoms with Crippen LogP contribution < -0.4 is 10.6 Å². The fraction of sp³-hybridized carbons (Fsp3) is 0.370. The maximum absolute atomic E-state index is 13.4. The minimum atomic E-state index is -3.24. The van der Waals surface area contributed by atoms with Crippen molar-refractivity contribution in [2.75, 3.05) is 10.6 Å². The molecule has 2 unspecified atom stereocenters. The van der Waals surface area contributed by atoms with E-state index >= 15 is 0 Å². The molecule has 2 saturated heterocycles. The number of esters is 3. The van der Waals surface area contributed by atoms with Gasteiger partial charge in [-0.3, -0.25) is 14.4 Å². The van der Waals surface area contributed by atoms with Crippen LogP contribution in [0.25, 0.3) is 5.65 Å². The van der Waals surface area contributed by atoms with Crippen LogP contribution >= 0.6 is 0 Å². The minimum Gasteiger partial charge on any atom is -0.417 e. The lowest BCUT2D eigenvalue weighted by Gasteiger charge is -2.34. The molecule has 4 heterocycles. The molecule has 3 atom stereocenters. The number of ether oxygens (including phenoxy) is 3. The number of aryl methyl sites for hydroxylation is 4. The molecule has 40 heavy (non-hydrogen) atoms. The van der Waals surface area contributed by atoms with E-state index in [1.165, 1.54) is 0 Å². The molecule has 0 saturated carbocycles. The predicted octanol–water partition coefficient (Wildman–Crippen LogP) is 1.30. The Labute approximate surface area is 228 Å². The number of imidazole rings is 1. The molecule has 0 spiro atoms. The first-order valence-electron chi connectivity index (χ1n) is 12.5. The molecular weight excluding hydrogens is 524 g/mol. The van der Waals surface area contributed by atoms with E-state index in [9.17, 15) is 29.4 Å². The van der Waals surface area contributed by atoms with Crippen LogP contribution in [0.2, 0.25) is 0 Å². The zero-order chi connectivity index (χ0) is 29.0. The smallest absolute Gasteiger partial charge is 0.367 e. The first-order valence-corrected chi connectivity index (χ1v) is 12.5. The molecule has 1 amide bonds. The Morgan fingerprint density at radius 2 is 1.75 bits per heavy atom. The summed E-state index contributed by atoms with van der Waals surface area (Å²) >= 11 is 0. The van der Waals surface area contributed by atoms with E-state index < -0.39 is 54.3 Å². The highest BCUT2D eigenvalue weighted by Crippen LogP contribution is 2.34. The van der Waals surface area contributed by atoms with Gasteiger partial charge in [0.2, 0.25) is 0 Å². The van der Waals surface area contributed by atoms with E-state index in [2.05, 4.69) is 15.6 Å². The standard InChI is InChI=1S/C27H28N4O9/c1-13-6-5-7-14(2)18(13)11-28-19-8-17(12-31-16(4)15(3)29-22(19)31)30-23(34)27(37)25-38-20(32)9-26(36,24(35)39-25)10-21(33)40-27/h5-8,12,25,28,36-37H,9-11H2,1-4H3,(H,30,34)/t25?,26?,27-/m1/s1. The second-order valence-corrected chi connectivity index (χ2v) is 10.1. The lowest BCUT2D eigenvalue weighted by Crippen LogP contribution is -2.60. The number of benzene rings is 1. The normalized spacial score (nSPS) is 24.4. The van der Waals surface area contributed by atoms with Gasteiger partial charge < -0.3 is 39.5 Å². The number of amides is 1. The lowest BCUT2D eigenvalue weighted by molar-refractivity contribution is -0.295. The number of rotatable bonds is 5. The molecule has 13 heteroatoms. The number of aromatic nitrogens is 2. The van der Waals surface area contributed by atoms with Gasteiger partial charge >= 0.3 is 35.9 Å². The summed E-state index contributed by atoms with van der Waals surface area (Å²) in [7, 11) is 0. The maximum Gasteiger partial charge on any atom is 0.367 e. The van der Waals surface area contributed by atoms with Gasteiger partial charge in [0.25, 0.3) is 0 Å². The molecule has 4 N–H and O–H groups in total. The third-order valence-electron chi connectivity index (χ3n) is 7.17. The predicted molar refractivity (Wildman–Crippen MR) is 138 cm³/mol. The highest BCUT2D eigenvalue weighted by atomic mass is 16.8. The van der Waals surface area contributed by atoms with E-state index in [0.29, 0.717) is 17.9 Å². The average Bonchev–Trinajstić information content (AvgIpc) is 3.10. The molecule has 2 bridgehead atoms. The van der Waals surface area contributed by atoms with Gasteiger partial charge in [0.05, 0.1) is 29.9 Å². The Morgan fingerprint density at radius 3 is 2.45 bits per heavy atom. The SMILES string of the molecule is Cc1cccc(C)c1CNc1cc(NC(=O)[C@@]2(O)OC(=O)CC3(O)CC(=O)OC2OC3=O)cn2c(C)c(C)nc12. The average molecular weight is 553 g/mol. The number of aliphatic hydroxyl groups is 2. The third kappa shape index (κ3) is 4.62.